The van der Waals surface area contributed by atoms with Gasteiger partial charge in [0.05, 0.1) is 5.69 Å². The highest BCUT2D eigenvalue weighted by atomic mass is 19.1. The molecule has 4 nitrogen and oxygen atoms in total. The molecule has 0 saturated heterocycles. The SMILES string of the molecule is Fc1ccc(N(c2ccc(-c3cccc4ccccc34)cc2)c2ccc(-n3nc4ccccc4n3)cc2)cc1. The molecule has 6 aromatic carbocycles. The van der Waals surface area contributed by atoms with Crippen LogP contribution < -0.4 is 4.90 Å². The number of fused-ring (bicyclic) bond motifs is 2. The Morgan fingerprint density at radius 2 is 1.05 bits per heavy atom. The van der Waals surface area contributed by atoms with E-state index in [2.05, 4.69) is 81.8 Å². The Hall–Kier alpha value is -5.29. The molecule has 0 aliphatic heterocycles. The molecule has 7 rings (SSSR count). The van der Waals surface area contributed by atoms with Gasteiger partial charge in [0.2, 0.25) is 0 Å². The second-order valence-electron chi connectivity index (χ2n) is 9.38. The summed E-state index contributed by atoms with van der Waals surface area (Å²) in [5.74, 6) is -0.267. The van der Waals surface area contributed by atoms with Gasteiger partial charge in [0, 0.05) is 17.1 Å². The van der Waals surface area contributed by atoms with E-state index in [9.17, 15) is 4.39 Å². The lowest BCUT2D eigenvalue weighted by atomic mass is 9.98. The van der Waals surface area contributed by atoms with E-state index in [-0.39, 0.29) is 5.82 Å². The molecule has 0 N–H and O–H groups in total. The van der Waals surface area contributed by atoms with Gasteiger partial charge in [0.15, 0.2) is 0 Å². The Morgan fingerprint density at radius 3 is 1.72 bits per heavy atom. The molecule has 0 radical (unpaired) electrons. The lowest BCUT2D eigenvalue weighted by Crippen LogP contribution is -2.10. The fourth-order valence-electron chi connectivity index (χ4n) is 5.01. The van der Waals surface area contributed by atoms with Crippen molar-refractivity contribution < 1.29 is 4.39 Å². The highest BCUT2D eigenvalue weighted by Gasteiger charge is 2.14. The maximum atomic E-state index is 13.8. The monoisotopic (exact) mass is 506 g/mol. The number of anilines is 3. The zero-order chi connectivity index (χ0) is 26.2. The highest BCUT2D eigenvalue weighted by molar-refractivity contribution is 5.97. The van der Waals surface area contributed by atoms with Crippen molar-refractivity contribution in [3.63, 3.8) is 0 Å². The first kappa shape index (κ1) is 22.9. The first-order valence-electron chi connectivity index (χ1n) is 12.8. The van der Waals surface area contributed by atoms with Crippen molar-refractivity contribution >= 4 is 38.9 Å². The molecule has 7 aromatic rings. The van der Waals surface area contributed by atoms with Gasteiger partial charge in [-0.3, -0.25) is 0 Å². The maximum Gasteiger partial charge on any atom is 0.123 e. The number of benzene rings is 6. The molecule has 0 amide bonds. The normalized spacial score (nSPS) is 11.2. The van der Waals surface area contributed by atoms with Crippen LogP contribution in [0.3, 0.4) is 0 Å². The van der Waals surface area contributed by atoms with Gasteiger partial charge in [0.25, 0.3) is 0 Å². The molecular formula is C34H23FN4. The smallest absolute Gasteiger partial charge is 0.123 e. The molecule has 1 heterocycles. The van der Waals surface area contributed by atoms with Crippen molar-refractivity contribution in [3.05, 3.63) is 145 Å². The fourth-order valence-corrected chi connectivity index (χ4v) is 5.01. The topological polar surface area (TPSA) is 34.0 Å². The number of rotatable bonds is 5. The van der Waals surface area contributed by atoms with E-state index in [0.29, 0.717) is 0 Å². The number of aromatic nitrogens is 3. The summed E-state index contributed by atoms with van der Waals surface area (Å²) in [6.07, 6.45) is 0. The molecule has 186 valence electrons. The average molecular weight is 507 g/mol. The highest BCUT2D eigenvalue weighted by Crippen LogP contribution is 2.37. The second kappa shape index (κ2) is 9.54. The summed E-state index contributed by atoms with van der Waals surface area (Å²) in [6, 6.07) is 45.7. The zero-order valence-electron chi connectivity index (χ0n) is 20.9. The van der Waals surface area contributed by atoms with Gasteiger partial charge in [-0.25, -0.2) is 4.39 Å². The van der Waals surface area contributed by atoms with Crippen LogP contribution in [0.5, 0.6) is 0 Å². The third kappa shape index (κ3) is 4.30. The van der Waals surface area contributed by atoms with Gasteiger partial charge in [-0.1, -0.05) is 66.7 Å². The second-order valence-corrected chi connectivity index (χ2v) is 9.38. The standard InChI is InChI=1S/C34H23FN4/c35-26-14-18-28(19-15-26)38(29-20-22-30(23-21-29)39-36-33-10-3-4-11-34(33)37-39)27-16-12-25(13-17-27)32-9-5-7-24-6-1-2-8-31(24)32/h1-23H. The van der Waals surface area contributed by atoms with Crippen LogP contribution in [0.1, 0.15) is 0 Å². The molecule has 0 unspecified atom stereocenters. The number of hydrogen-bond donors (Lipinski definition) is 0. The minimum Gasteiger partial charge on any atom is -0.310 e. The number of nitrogens with zero attached hydrogens (tertiary/aromatic N) is 4. The van der Waals surface area contributed by atoms with Crippen LogP contribution in [0.25, 0.3) is 38.6 Å². The van der Waals surface area contributed by atoms with Gasteiger partial charge in [-0.05, 0) is 94.7 Å². The largest absolute Gasteiger partial charge is 0.310 e. The minimum atomic E-state index is -0.267. The Bertz CT molecular complexity index is 1870. The molecule has 0 atom stereocenters. The summed E-state index contributed by atoms with van der Waals surface area (Å²) in [5.41, 5.74) is 7.67. The maximum absolute atomic E-state index is 13.8. The summed E-state index contributed by atoms with van der Waals surface area (Å²) in [4.78, 5) is 3.76. The summed E-state index contributed by atoms with van der Waals surface area (Å²) >= 11 is 0. The van der Waals surface area contributed by atoms with Crippen molar-refractivity contribution in [1.82, 2.24) is 15.0 Å². The fraction of sp³-hybridized carbons (Fsp3) is 0. The van der Waals surface area contributed by atoms with E-state index in [4.69, 9.17) is 0 Å². The van der Waals surface area contributed by atoms with Crippen molar-refractivity contribution in [2.24, 2.45) is 0 Å². The van der Waals surface area contributed by atoms with Crippen LogP contribution in [0.2, 0.25) is 0 Å². The van der Waals surface area contributed by atoms with Crippen LogP contribution in [-0.2, 0) is 0 Å². The van der Waals surface area contributed by atoms with Gasteiger partial charge in [-0.15, -0.1) is 10.2 Å². The van der Waals surface area contributed by atoms with Crippen LogP contribution in [0.15, 0.2) is 140 Å². The summed E-state index contributed by atoms with van der Waals surface area (Å²) < 4.78 is 13.8. The molecule has 39 heavy (non-hydrogen) atoms. The van der Waals surface area contributed by atoms with Gasteiger partial charge < -0.3 is 4.90 Å². The van der Waals surface area contributed by atoms with E-state index < -0.39 is 0 Å². The van der Waals surface area contributed by atoms with E-state index in [0.717, 1.165) is 39.3 Å². The van der Waals surface area contributed by atoms with Gasteiger partial charge in [-0.2, -0.15) is 4.80 Å². The van der Waals surface area contributed by atoms with E-state index in [1.54, 1.807) is 16.9 Å². The Labute approximate surface area is 225 Å². The summed E-state index contributed by atoms with van der Waals surface area (Å²) in [6.45, 7) is 0. The Kier molecular flexibility index (Phi) is 5.60. The van der Waals surface area contributed by atoms with Gasteiger partial charge in [0.1, 0.15) is 16.9 Å². The van der Waals surface area contributed by atoms with Crippen LogP contribution in [0, 0.1) is 5.82 Å². The molecule has 0 bridgehead atoms. The first-order chi connectivity index (χ1) is 19.2. The molecule has 0 fully saturated rings. The summed E-state index contributed by atoms with van der Waals surface area (Å²) in [5, 5.41) is 11.6. The molecular weight excluding hydrogens is 483 g/mol. The predicted molar refractivity (Wildman–Crippen MR) is 156 cm³/mol. The minimum absolute atomic E-state index is 0.267. The lowest BCUT2D eigenvalue weighted by Gasteiger charge is -2.26. The Balaban J connectivity index is 1.27. The van der Waals surface area contributed by atoms with Crippen LogP contribution in [0.4, 0.5) is 21.5 Å². The zero-order valence-corrected chi connectivity index (χ0v) is 20.9. The molecule has 0 saturated carbocycles. The molecule has 0 spiro atoms. The van der Waals surface area contributed by atoms with Crippen LogP contribution in [-0.4, -0.2) is 15.0 Å². The Morgan fingerprint density at radius 1 is 0.513 bits per heavy atom. The molecule has 5 heteroatoms. The number of hydrogen-bond acceptors (Lipinski definition) is 3. The van der Waals surface area contributed by atoms with Crippen molar-refractivity contribution in [2.45, 2.75) is 0 Å². The first-order valence-corrected chi connectivity index (χ1v) is 12.8. The van der Waals surface area contributed by atoms with Crippen LogP contribution >= 0.6 is 0 Å². The van der Waals surface area contributed by atoms with Crippen molar-refractivity contribution in [3.8, 4) is 16.8 Å². The van der Waals surface area contributed by atoms with Crippen molar-refractivity contribution in [2.75, 3.05) is 4.90 Å². The molecule has 1 aromatic heterocycles. The van der Waals surface area contributed by atoms with Gasteiger partial charge >= 0.3 is 0 Å². The van der Waals surface area contributed by atoms with E-state index in [1.807, 2.05) is 48.5 Å². The van der Waals surface area contributed by atoms with Crippen molar-refractivity contribution in [1.29, 1.82) is 0 Å². The van der Waals surface area contributed by atoms with E-state index in [1.165, 1.54) is 28.5 Å². The molecule has 0 aliphatic rings. The average Bonchev–Trinajstić information content (AvgIpc) is 3.43. The predicted octanol–water partition coefficient (Wildman–Crippen LogP) is 8.85. The quantitative estimate of drug-likeness (QED) is 0.234. The lowest BCUT2D eigenvalue weighted by molar-refractivity contribution is 0.628. The summed E-state index contributed by atoms with van der Waals surface area (Å²) in [7, 11) is 0. The number of halogens is 1. The third-order valence-electron chi connectivity index (χ3n) is 6.94. The molecule has 0 aliphatic carbocycles. The van der Waals surface area contributed by atoms with E-state index >= 15 is 0 Å². The third-order valence-corrected chi connectivity index (χ3v) is 6.94.